The van der Waals surface area contributed by atoms with E-state index in [1.165, 1.54) is 11.8 Å². The molecule has 3 aromatic rings. The lowest BCUT2D eigenvalue weighted by Crippen LogP contribution is -2.22. The number of amides is 1. The lowest BCUT2D eigenvalue weighted by molar-refractivity contribution is -0.115. The van der Waals surface area contributed by atoms with Crippen LogP contribution in [0, 0.1) is 0 Å². The third-order valence-electron chi connectivity index (χ3n) is 3.28. The second-order valence-electron chi connectivity index (χ2n) is 5.09. The van der Waals surface area contributed by atoms with E-state index in [4.69, 9.17) is 27.6 Å². The Kier molecular flexibility index (Phi) is 5.63. The Balaban J connectivity index is 1.66. The number of hydrogen-bond donors (Lipinski definition) is 1. The van der Waals surface area contributed by atoms with Gasteiger partial charge in [-0.1, -0.05) is 59.2 Å². The molecule has 0 saturated carbocycles. The largest absolute Gasteiger partial charge is 0.411 e. The predicted molar refractivity (Wildman–Crippen MR) is 100 cm³/mol. The van der Waals surface area contributed by atoms with E-state index in [0.29, 0.717) is 26.8 Å². The summed E-state index contributed by atoms with van der Waals surface area (Å²) in [5, 5.41) is 11.3. The van der Waals surface area contributed by atoms with E-state index in [2.05, 4.69) is 15.5 Å². The first-order valence-corrected chi connectivity index (χ1v) is 8.98. The Morgan fingerprint density at radius 3 is 2.64 bits per heavy atom. The van der Waals surface area contributed by atoms with Gasteiger partial charge in [-0.3, -0.25) is 4.79 Å². The fraction of sp³-hybridized carbons (Fsp3) is 0.118. The van der Waals surface area contributed by atoms with Crippen LogP contribution in [0.4, 0.5) is 5.69 Å². The van der Waals surface area contributed by atoms with Crippen LogP contribution in [0.15, 0.2) is 58.2 Å². The number of rotatable bonds is 5. The molecule has 0 aliphatic rings. The van der Waals surface area contributed by atoms with Gasteiger partial charge in [-0.25, -0.2) is 0 Å². The Bertz CT molecular complexity index is 887. The number of halogens is 2. The van der Waals surface area contributed by atoms with Crippen molar-refractivity contribution in [2.75, 3.05) is 5.32 Å². The number of carbonyl (C=O) groups is 1. The summed E-state index contributed by atoms with van der Waals surface area (Å²) in [5.74, 6) is 0.169. The van der Waals surface area contributed by atoms with E-state index >= 15 is 0 Å². The van der Waals surface area contributed by atoms with E-state index in [9.17, 15) is 4.79 Å². The van der Waals surface area contributed by atoms with Gasteiger partial charge < -0.3 is 9.73 Å². The molecule has 1 heterocycles. The van der Waals surface area contributed by atoms with Crippen LogP contribution >= 0.6 is 35.0 Å². The van der Waals surface area contributed by atoms with E-state index < -0.39 is 5.25 Å². The van der Waals surface area contributed by atoms with E-state index in [0.717, 1.165) is 5.56 Å². The van der Waals surface area contributed by atoms with Crippen LogP contribution in [0.1, 0.15) is 6.92 Å². The Morgan fingerprint density at radius 2 is 1.88 bits per heavy atom. The quantitative estimate of drug-likeness (QED) is 0.606. The van der Waals surface area contributed by atoms with Gasteiger partial charge in [0.25, 0.3) is 5.22 Å². The van der Waals surface area contributed by atoms with Gasteiger partial charge in [0, 0.05) is 5.56 Å². The summed E-state index contributed by atoms with van der Waals surface area (Å²) in [5.41, 5.74) is 1.28. The Hall–Kier alpha value is -2.02. The second-order valence-corrected chi connectivity index (χ2v) is 7.17. The van der Waals surface area contributed by atoms with Crippen LogP contribution in [-0.2, 0) is 4.79 Å². The summed E-state index contributed by atoms with van der Waals surface area (Å²) in [4.78, 5) is 12.3. The standard InChI is InChI=1S/C17H13Cl2N3O2S/c1-10(15(23)20-13-9-5-8-12(18)14(13)19)25-17-22-21-16(24-17)11-6-3-2-4-7-11/h2-10H,1H3,(H,20,23). The first kappa shape index (κ1) is 17.8. The third-order valence-corrected chi connectivity index (χ3v) is 5.04. The number of nitrogens with zero attached hydrogens (tertiary/aromatic N) is 2. The number of thioether (sulfide) groups is 1. The van der Waals surface area contributed by atoms with E-state index in [1.807, 2.05) is 30.3 Å². The van der Waals surface area contributed by atoms with Gasteiger partial charge in [-0.05, 0) is 31.2 Å². The maximum absolute atomic E-state index is 12.3. The van der Waals surface area contributed by atoms with Gasteiger partial charge in [0.15, 0.2) is 0 Å². The predicted octanol–water partition coefficient (Wildman–Crippen LogP) is 5.16. The zero-order chi connectivity index (χ0) is 17.8. The first-order valence-electron chi connectivity index (χ1n) is 7.35. The summed E-state index contributed by atoms with van der Waals surface area (Å²) in [6.45, 7) is 1.74. The smallest absolute Gasteiger partial charge is 0.277 e. The Morgan fingerprint density at radius 1 is 1.12 bits per heavy atom. The lowest BCUT2D eigenvalue weighted by atomic mass is 10.2. The monoisotopic (exact) mass is 393 g/mol. The molecule has 1 atom stereocenters. The summed E-state index contributed by atoms with van der Waals surface area (Å²) in [6.07, 6.45) is 0. The number of hydrogen-bond acceptors (Lipinski definition) is 5. The SMILES string of the molecule is CC(Sc1nnc(-c2ccccc2)o1)C(=O)Nc1cccc(Cl)c1Cl. The maximum atomic E-state index is 12.3. The average molecular weight is 394 g/mol. The van der Waals surface area contributed by atoms with Crippen molar-refractivity contribution in [3.05, 3.63) is 58.6 Å². The molecule has 0 aliphatic heterocycles. The number of anilines is 1. The van der Waals surface area contributed by atoms with Crippen molar-refractivity contribution in [1.82, 2.24) is 10.2 Å². The van der Waals surface area contributed by atoms with Crippen molar-refractivity contribution in [3.8, 4) is 11.5 Å². The molecule has 0 aliphatic carbocycles. The minimum Gasteiger partial charge on any atom is -0.411 e. The third kappa shape index (κ3) is 4.34. The average Bonchev–Trinajstić information content (AvgIpc) is 3.08. The zero-order valence-electron chi connectivity index (χ0n) is 13.1. The molecule has 2 aromatic carbocycles. The van der Waals surface area contributed by atoms with Gasteiger partial charge in [0.2, 0.25) is 11.8 Å². The van der Waals surface area contributed by atoms with Gasteiger partial charge in [-0.15, -0.1) is 10.2 Å². The lowest BCUT2D eigenvalue weighted by Gasteiger charge is -2.11. The molecular weight excluding hydrogens is 381 g/mol. The highest BCUT2D eigenvalue weighted by Gasteiger charge is 2.20. The number of aromatic nitrogens is 2. The molecule has 1 aromatic heterocycles. The highest BCUT2D eigenvalue weighted by Crippen LogP contribution is 2.31. The molecule has 0 bridgehead atoms. The Labute approximate surface area is 158 Å². The zero-order valence-corrected chi connectivity index (χ0v) is 15.4. The van der Waals surface area contributed by atoms with E-state index in [-0.39, 0.29) is 5.91 Å². The van der Waals surface area contributed by atoms with Crippen molar-refractivity contribution in [1.29, 1.82) is 0 Å². The maximum Gasteiger partial charge on any atom is 0.277 e. The molecule has 5 nitrogen and oxygen atoms in total. The number of nitrogens with one attached hydrogen (secondary N) is 1. The highest BCUT2D eigenvalue weighted by molar-refractivity contribution is 8.00. The molecule has 8 heteroatoms. The molecule has 0 spiro atoms. The minimum absolute atomic E-state index is 0.242. The first-order chi connectivity index (χ1) is 12.0. The fourth-order valence-corrected chi connectivity index (χ4v) is 3.03. The fourth-order valence-electron chi connectivity index (χ4n) is 1.99. The van der Waals surface area contributed by atoms with Crippen LogP contribution < -0.4 is 5.32 Å². The molecule has 25 heavy (non-hydrogen) atoms. The van der Waals surface area contributed by atoms with Crippen LogP contribution in [0.5, 0.6) is 0 Å². The van der Waals surface area contributed by atoms with Crippen molar-refractivity contribution in [3.63, 3.8) is 0 Å². The van der Waals surface area contributed by atoms with Gasteiger partial charge in [0.1, 0.15) is 0 Å². The molecule has 128 valence electrons. The topological polar surface area (TPSA) is 68.0 Å². The highest BCUT2D eigenvalue weighted by atomic mass is 35.5. The van der Waals surface area contributed by atoms with Gasteiger partial charge >= 0.3 is 0 Å². The summed E-state index contributed by atoms with van der Waals surface area (Å²) in [6, 6.07) is 14.5. The van der Waals surface area contributed by atoms with Crippen molar-refractivity contribution in [2.24, 2.45) is 0 Å². The van der Waals surface area contributed by atoms with Crippen molar-refractivity contribution in [2.45, 2.75) is 17.4 Å². The molecular formula is C17H13Cl2N3O2S. The molecule has 0 saturated heterocycles. The van der Waals surface area contributed by atoms with Crippen LogP contribution in [-0.4, -0.2) is 21.4 Å². The second kappa shape index (κ2) is 7.91. The van der Waals surface area contributed by atoms with Crippen LogP contribution in [0.2, 0.25) is 10.0 Å². The van der Waals surface area contributed by atoms with Gasteiger partial charge in [-0.2, -0.15) is 0 Å². The number of benzene rings is 2. The summed E-state index contributed by atoms with van der Waals surface area (Å²) in [7, 11) is 0. The summed E-state index contributed by atoms with van der Waals surface area (Å²) >= 11 is 13.2. The molecule has 3 rings (SSSR count). The molecule has 1 N–H and O–H groups in total. The molecule has 0 radical (unpaired) electrons. The van der Waals surface area contributed by atoms with Crippen molar-refractivity contribution >= 4 is 46.6 Å². The minimum atomic E-state index is -0.459. The van der Waals surface area contributed by atoms with Crippen LogP contribution in [0.3, 0.4) is 0 Å². The van der Waals surface area contributed by atoms with Gasteiger partial charge in [0.05, 0.1) is 21.0 Å². The molecule has 0 fully saturated rings. The normalized spacial score (nSPS) is 12.0. The number of carbonyl (C=O) groups excluding carboxylic acids is 1. The van der Waals surface area contributed by atoms with E-state index in [1.54, 1.807) is 25.1 Å². The molecule has 1 unspecified atom stereocenters. The van der Waals surface area contributed by atoms with Crippen molar-refractivity contribution < 1.29 is 9.21 Å². The summed E-state index contributed by atoms with van der Waals surface area (Å²) < 4.78 is 5.60. The molecule has 1 amide bonds. The van der Waals surface area contributed by atoms with Crippen LogP contribution in [0.25, 0.3) is 11.5 Å².